The number of sulfonamides is 1. The first-order valence-electron chi connectivity index (χ1n) is 9.99. The van der Waals surface area contributed by atoms with Crippen LogP contribution in [0.25, 0.3) is 0 Å². The summed E-state index contributed by atoms with van der Waals surface area (Å²) in [5.74, 6) is 0.755. The number of benzene rings is 1. The van der Waals surface area contributed by atoms with Gasteiger partial charge < -0.3 is 4.57 Å². The highest BCUT2D eigenvalue weighted by Crippen LogP contribution is 2.27. The van der Waals surface area contributed by atoms with Crippen LogP contribution in [0.3, 0.4) is 0 Å². The third-order valence-electron chi connectivity index (χ3n) is 5.24. The SMILES string of the molecule is CCCCn1ccnc1C(=O)c1cccc(S(=O)(=O)N2C[C@@H](C)C[C@H](C)C2)c1. The lowest BCUT2D eigenvalue weighted by Crippen LogP contribution is -2.42. The van der Waals surface area contributed by atoms with Gasteiger partial charge in [0, 0.05) is 37.6 Å². The van der Waals surface area contributed by atoms with E-state index in [0.29, 0.717) is 36.3 Å². The summed E-state index contributed by atoms with van der Waals surface area (Å²) in [6.07, 6.45) is 6.41. The molecule has 1 aromatic carbocycles. The highest BCUT2D eigenvalue weighted by atomic mass is 32.2. The van der Waals surface area contributed by atoms with Crippen molar-refractivity contribution in [2.24, 2.45) is 11.8 Å². The van der Waals surface area contributed by atoms with E-state index >= 15 is 0 Å². The summed E-state index contributed by atoms with van der Waals surface area (Å²) in [5, 5.41) is 0. The highest BCUT2D eigenvalue weighted by molar-refractivity contribution is 7.89. The van der Waals surface area contributed by atoms with Gasteiger partial charge in [-0.15, -0.1) is 0 Å². The van der Waals surface area contributed by atoms with Gasteiger partial charge in [0.1, 0.15) is 0 Å². The van der Waals surface area contributed by atoms with Crippen molar-refractivity contribution in [3.05, 3.63) is 48.0 Å². The predicted molar refractivity (Wildman–Crippen MR) is 109 cm³/mol. The van der Waals surface area contributed by atoms with Crippen molar-refractivity contribution in [1.29, 1.82) is 0 Å². The number of piperidine rings is 1. The smallest absolute Gasteiger partial charge is 0.243 e. The first-order valence-corrected chi connectivity index (χ1v) is 11.4. The lowest BCUT2D eigenvalue weighted by atomic mass is 9.94. The Morgan fingerprint density at radius 2 is 1.93 bits per heavy atom. The van der Waals surface area contributed by atoms with E-state index in [1.807, 2.05) is 4.57 Å². The van der Waals surface area contributed by atoms with Crippen molar-refractivity contribution in [2.45, 2.75) is 51.5 Å². The molecule has 0 N–H and O–H groups in total. The molecule has 7 heteroatoms. The molecule has 28 heavy (non-hydrogen) atoms. The molecular weight excluding hydrogens is 374 g/mol. The van der Waals surface area contributed by atoms with E-state index in [1.54, 1.807) is 34.9 Å². The summed E-state index contributed by atoms with van der Waals surface area (Å²) in [6.45, 7) is 8.01. The van der Waals surface area contributed by atoms with E-state index < -0.39 is 10.0 Å². The standard InChI is InChI=1S/C21H29N3O3S/c1-4-5-10-23-11-9-22-21(23)20(25)18-7-6-8-19(13-18)28(26,27)24-14-16(2)12-17(3)15-24/h6-9,11,13,16-17H,4-5,10,12,14-15H2,1-3H3/t16-,17-/m0/s1. The molecule has 0 bridgehead atoms. The summed E-state index contributed by atoms with van der Waals surface area (Å²) in [7, 11) is -3.62. The van der Waals surface area contributed by atoms with Gasteiger partial charge in [-0.2, -0.15) is 4.31 Å². The third kappa shape index (κ3) is 4.36. The van der Waals surface area contributed by atoms with Gasteiger partial charge in [0.2, 0.25) is 15.8 Å². The Labute approximate surface area is 167 Å². The molecule has 1 aliphatic rings. The topological polar surface area (TPSA) is 72.3 Å². The molecule has 0 unspecified atom stereocenters. The van der Waals surface area contributed by atoms with Crippen LogP contribution in [0.2, 0.25) is 0 Å². The minimum atomic E-state index is -3.62. The minimum absolute atomic E-state index is 0.173. The van der Waals surface area contributed by atoms with Crippen LogP contribution < -0.4 is 0 Å². The molecule has 0 amide bonds. The lowest BCUT2D eigenvalue weighted by Gasteiger charge is -2.34. The summed E-state index contributed by atoms with van der Waals surface area (Å²) in [4.78, 5) is 17.3. The number of imidazole rings is 1. The second-order valence-corrected chi connectivity index (χ2v) is 9.86. The maximum atomic E-state index is 13.1. The molecule has 1 saturated heterocycles. The molecule has 1 aromatic heterocycles. The molecule has 2 aromatic rings. The van der Waals surface area contributed by atoms with Crippen LogP contribution >= 0.6 is 0 Å². The largest absolute Gasteiger partial charge is 0.328 e. The fourth-order valence-electron chi connectivity index (χ4n) is 3.91. The molecule has 1 fully saturated rings. The summed E-state index contributed by atoms with van der Waals surface area (Å²) in [6, 6.07) is 6.35. The number of nitrogens with zero attached hydrogens (tertiary/aromatic N) is 3. The molecule has 3 rings (SSSR count). The molecule has 0 saturated carbocycles. The Balaban J connectivity index is 1.88. The van der Waals surface area contributed by atoms with Crippen molar-refractivity contribution in [2.75, 3.05) is 13.1 Å². The Morgan fingerprint density at radius 3 is 2.61 bits per heavy atom. The van der Waals surface area contributed by atoms with Crippen LogP contribution in [0, 0.1) is 11.8 Å². The van der Waals surface area contributed by atoms with Crippen LogP contribution in [-0.4, -0.2) is 41.1 Å². The van der Waals surface area contributed by atoms with Crippen molar-refractivity contribution < 1.29 is 13.2 Å². The van der Waals surface area contributed by atoms with E-state index in [0.717, 1.165) is 25.8 Å². The zero-order valence-corrected chi connectivity index (χ0v) is 17.7. The Bertz CT molecular complexity index is 926. The maximum absolute atomic E-state index is 13.1. The quantitative estimate of drug-likeness (QED) is 0.663. The molecule has 6 nitrogen and oxygen atoms in total. The van der Waals surface area contributed by atoms with Gasteiger partial charge >= 0.3 is 0 Å². The van der Waals surface area contributed by atoms with Crippen molar-refractivity contribution >= 4 is 15.8 Å². The van der Waals surface area contributed by atoms with Gasteiger partial charge in [-0.25, -0.2) is 13.4 Å². The zero-order valence-electron chi connectivity index (χ0n) is 16.8. The molecule has 2 atom stereocenters. The number of aromatic nitrogens is 2. The number of hydrogen-bond acceptors (Lipinski definition) is 4. The van der Waals surface area contributed by atoms with Gasteiger partial charge in [0.05, 0.1) is 4.90 Å². The Morgan fingerprint density at radius 1 is 1.21 bits per heavy atom. The van der Waals surface area contributed by atoms with E-state index in [1.165, 1.54) is 6.07 Å². The molecule has 152 valence electrons. The number of unbranched alkanes of at least 4 members (excludes halogenated alkanes) is 1. The molecule has 0 radical (unpaired) electrons. The fourth-order valence-corrected chi connectivity index (χ4v) is 5.63. The van der Waals surface area contributed by atoms with Crippen molar-refractivity contribution in [3.63, 3.8) is 0 Å². The van der Waals surface area contributed by atoms with Crippen LogP contribution in [0.1, 0.15) is 56.2 Å². The normalized spacial score (nSPS) is 21.0. The number of carbonyl (C=O) groups excluding carboxylic acids is 1. The van der Waals surface area contributed by atoms with Crippen molar-refractivity contribution in [3.8, 4) is 0 Å². The van der Waals surface area contributed by atoms with Gasteiger partial charge in [-0.1, -0.05) is 39.3 Å². The molecular formula is C21H29N3O3S. The average Bonchev–Trinajstić information content (AvgIpc) is 3.13. The summed E-state index contributed by atoms with van der Waals surface area (Å²) < 4.78 is 29.7. The zero-order chi connectivity index (χ0) is 20.3. The van der Waals surface area contributed by atoms with Crippen molar-refractivity contribution in [1.82, 2.24) is 13.9 Å². The predicted octanol–water partition coefficient (Wildman–Crippen LogP) is 3.58. The maximum Gasteiger partial charge on any atom is 0.243 e. The van der Waals surface area contributed by atoms with E-state index in [9.17, 15) is 13.2 Å². The van der Waals surface area contributed by atoms with Gasteiger partial charge in [-0.05, 0) is 36.8 Å². The number of hydrogen-bond donors (Lipinski definition) is 0. The number of rotatable bonds is 7. The summed E-state index contributed by atoms with van der Waals surface area (Å²) >= 11 is 0. The first-order chi connectivity index (χ1) is 13.3. The highest BCUT2D eigenvalue weighted by Gasteiger charge is 2.32. The van der Waals surface area contributed by atoms with Gasteiger partial charge in [0.25, 0.3) is 0 Å². The van der Waals surface area contributed by atoms with E-state index in [4.69, 9.17) is 0 Å². The molecule has 1 aliphatic heterocycles. The summed E-state index contributed by atoms with van der Waals surface area (Å²) in [5.41, 5.74) is 0.350. The molecule has 0 aliphatic carbocycles. The second-order valence-electron chi connectivity index (χ2n) is 7.92. The number of ketones is 1. The second kappa shape index (κ2) is 8.57. The lowest BCUT2D eigenvalue weighted by molar-refractivity contribution is 0.102. The molecule has 2 heterocycles. The van der Waals surface area contributed by atoms with E-state index in [2.05, 4.69) is 25.8 Å². The Hall–Kier alpha value is -1.99. The van der Waals surface area contributed by atoms with Crippen LogP contribution in [0.4, 0.5) is 0 Å². The van der Waals surface area contributed by atoms with E-state index in [-0.39, 0.29) is 10.7 Å². The Kier molecular flexibility index (Phi) is 6.35. The van der Waals surface area contributed by atoms with Crippen LogP contribution in [0.15, 0.2) is 41.6 Å². The van der Waals surface area contributed by atoms with Crippen LogP contribution in [0.5, 0.6) is 0 Å². The van der Waals surface area contributed by atoms with Crippen LogP contribution in [-0.2, 0) is 16.6 Å². The third-order valence-corrected chi connectivity index (χ3v) is 7.07. The minimum Gasteiger partial charge on any atom is -0.328 e. The monoisotopic (exact) mass is 403 g/mol. The average molecular weight is 404 g/mol. The number of aryl methyl sites for hydroxylation is 1. The fraction of sp³-hybridized carbons (Fsp3) is 0.524. The number of carbonyl (C=O) groups is 1. The first kappa shape index (κ1) is 20.7. The molecule has 0 spiro atoms. The van der Waals surface area contributed by atoms with Gasteiger partial charge in [0.15, 0.2) is 5.82 Å². The van der Waals surface area contributed by atoms with Gasteiger partial charge in [-0.3, -0.25) is 4.79 Å².